The van der Waals surface area contributed by atoms with Gasteiger partial charge in [0.15, 0.2) is 0 Å². The number of rotatable bonds is 5. The van der Waals surface area contributed by atoms with Gasteiger partial charge in [0.05, 0.1) is 4.90 Å². The van der Waals surface area contributed by atoms with Crippen LogP contribution in [-0.2, 0) is 9.84 Å². The average Bonchev–Trinajstić information content (AvgIpc) is 2.97. The van der Waals surface area contributed by atoms with Crippen molar-refractivity contribution in [1.29, 1.82) is 0 Å². The SMILES string of the molecule is CNCC1CCCN(C(=O)c2sccc2S(=O)(=O)C(F)F)C1.Cl. The van der Waals surface area contributed by atoms with Crippen molar-refractivity contribution in [2.45, 2.75) is 23.5 Å². The molecule has 1 atom stereocenters. The Labute approximate surface area is 144 Å². The van der Waals surface area contributed by atoms with Gasteiger partial charge in [0.2, 0.25) is 9.84 Å². The maximum Gasteiger partial charge on any atom is 0.341 e. The van der Waals surface area contributed by atoms with Gasteiger partial charge in [0, 0.05) is 13.1 Å². The zero-order valence-corrected chi connectivity index (χ0v) is 14.9. The minimum Gasteiger partial charge on any atom is -0.338 e. The normalized spacial score (nSPS) is 18.8. The topological polar surface area (TPSA) is 66.5 Å². The molecule has 0 aromatic carbocycles. The van der Waals surface area contributed by atoms with E-state index in [0.717, 1.165) is 36.8 Å². The Kier molecular flexibility index (Phi) is 7.37. The van der Waals surface area contributed by atoms with E-state index in [4.69, 9.17) is 0 Å². The van der Waals surface area contributed by atoms with Crippen LogP contribution in [0.4, 0.5) is 8.78 Å². The fourth-order valence-corrected chi connectivity index (χ4v) is 4.75. The monoisotopic (exact) mass is 388 g/mol. The summed E-state index contributed by atoms with van der Waals surface area (Å²) in [6.45, 7) is 1.78. The number of likely N-dealkylation sites (tertiary alicyclic amines) is 1. The van der Waals surface area contributed by atoms with Gasteiger partial charge < -0.3 is 10.2 Å². The van der Waals surface area contributed by atoms with Crippen LogP contribution in [0.1, 0.15) is 22.5 Å². The summed E-state index contributed by atoms with van der Waals surface area (Å²) in [5.41, 5.74) is 0. The smallest absolute Gasteiger partial charge is 0.338 e. The van der Waals surface area contributed by atoms with E-state index in [9.17, 15) is 22.0 Å². The van der Waals surface area contributed by atoms with Gasteiger partial charge in [0.25, 0.3) is 5.91 Å². The molecule has 1 unspecified atom stereocenters. The van der Waals surface area contributed by atoms with E-state index >= 15 is 0 Å². The number of nitrogens with zero attached hydrogens (tertiary/aromatic N) is 1. The number of amides is 1. The molecule has 1 aromatic heterocycles. The predicted molar refractivity (Wildman–Crippen MR) is 87.3 cm³/mol. The van der Waals surface area contributed by atoms with Crippen molar-refractivity contribution in [3.63, 3.8) is 0 Å². The Balaban J connectivity index is 0.00000264. The summed E-state index contributed by atoms with van der Waals surface area (Å²) in [7, 11) is -2.93. The number of alkyl halides is 2. The van der Waals surface area contributed by atoms with Crippen molar-refractivity contribution in [3.05, 3.63) is 16.3 Å². The van der Waals surface area contributed by atoms with E-state index in [1.807, 2.05) is 7.05 Å². The molecule has 1 saturated heterocycles. The number of carbonyl (C=O) groups is 1. The van der Waals surface area contributed by atoms with Crippen molar-refractivity contribution in [3.8, 4) is 0 Å². The fraction of sp³-hybridized carbons (Fsp3) is 0.615. The van der Waals surface area contributed by atoms with Gasteiger partial charge in [0.1, 0.15) is 4.88 Å². The first-order valence-corrected chi connectivity index (χ1v) is 9.34. The third kappa shape index (κ3) is 4.40. The summed E-state index contributed by atoms with van der Waals surface area (Å²) < 4.78 is 48.7. The lowest BCUT2D eigenvalue weighted by molar-refractivity contribution is 0.0675. The minimum absolute atomic E-state index is 0. The van der Waals surface area contributed by atoms with E-state index in [1.165, 1.54) is 5.38 Å². The second kappa shape index (κ2) is 8.36. The largest absolute Gasteiger partial charge is 0.341 e. The predicted octanol–water partition coefficient (Wildman–Crippen LogP) is 2.24. The van der Waals surface area contributed by atoms with Crippen LogP contribution in [0.2, 0.25) is 0 Å². The molecule has 1 aromatic rings. The van der Waals surface area contributed by atoms with Crippen LogP contribution in [0.25, 0.3) is 0 Å². The van der Waals surface area contributed by atoms with Crippen LogP contribution in [0, 0.1) is 5.92 Å². The van der Waals surface area contributed by atoms with Crippen LogP contribution < -0.4 is 5.32 Å². The lowest BCUT2D eigenvalue weighted by atomic mass is 9.98. The van der Waals surface area contributed by atoms with Crippen LogP contribution in [0.15, 0.2) is 16.3 Å². The standard InChI is InChI=1S/C13H18F2N2O3S2.ClH/c1-16-7-9-3-2-5-17(8-9)12(18)11-10(4-6-21-11)22(19,20)13(14)15;/h4,6,9,13,16H,2-3,5,7-8H2,1H3;1H. The van der Waals surface area contributed by atoms with E-state index in [1.54, 1.807) is 4.90 Å². The molecule has 2 rings (SSSR count). The summed E-state index contributed by atoms with van der Waals surface area (Å²) in [6.07, 6.45) is 1.80. The molecule has 10 heteroatoms. The Bertz CT molecular complexity index is 635. The first-order chi connectivity index (χ1) is 10.4. The maximum atomic E-state index is 12.7. The molecule has 1 amide bonds. The quantitative estimate of drug-likeness (QED) is 0.840. The Hall–Kier alpha value is -0.770. The molecule has 0 radical (unpaired) electrons. The minimum atomic E-state index is -4.75. The van der Waals surface area contributed by atoms with Crippen LogP contribution >= 0.6 is 23.7 Å². The number of piperidine rings is 1. The number of sulfone groups is 1. The highest BCUT2D eigenvalue weighted by Crippen LogP contribution is 2.29. The van der Waals surface area contributed by atoms with Crippen molar-refractivity contribution < 1.29 is 22.0 Å². The summed E-state index contributed by atoms with van der Waals surface area (Å²) in [4.78, 5) is 13.4. The summed E-state index contributed by atoms with van der Waals surface area (Å²) in [5.74, 6) is -3.71. The average molecular weight is 389 g/mol. The number of carbonyl (C=O) groups excluding carboxylic acids is 1. The van der Waals surface area contributed by atoms with Crippen LogP contribution in [-0.4, -0.2) is 51.7 Å². The molecule has 2 heterocycles. The second-order valence-corrected chi connectivity index (χ2v) is 8.04. The second-order valence-electron chi connectivity index (χ2n) is 5.24. The number of hydrogen-bond donors (Lipinski definition) is 1. The molecule has 23 heavy (non-hydrogen) atoms. The number of nitrogens with one attached hydrogen (secondary N) is 1. The molecule has 1 fully saturated rings. The third-order valence-corrected chi connectivity index (χ3v) is 6.12. The van der Waals surface area contributed by atoms with Crippen LogP contribution in [0.5, 0.6) is 0 Å². The van der Waals surface area contributed by atoms with Crippen molar-refractivity contribution in [2.24, 2.45) is 5.92 Å². The molecule has 5 nitrogen and oxygen atoms in total. The van der Waals surface area contributed by atoms with Gasteiger partial charge >= 0.3 is 5.76 Å². The van der Waals surface area contributed by atoms with E-state index in [2.05, 4.69) is 5.32 Å². The van der Waals surface area contributed by atoms with Gasteiger partial charge in [-0.15, -0.1) is 23.7 Å². The molecule has 1 aliphatic heterocycles. The number of halogens is 3. The maximum absolute atomic E-state index is 12.7. The van der Waals surface area contributed by atoms with Gasteiger partial charge in [-0.25, -0.2) is 8.42 Å². The molecule has 1 aliphatic rings. The molecule has 0 saturated carbocycles. The summed E-state index contributed by atoms with van der Waals surface area (Å²) in [6, 6.07) is 1.08. The lowest BCUT2D eigenvalue weighted by Crippen LogP contribution is -2.42. The lowest BCUT2D eigenvalue weighted by Gasteiger charge is -2.32. The van der Waals surface area contributed by atoms with Crippen LogP contribution in [0.3, 0.4) is 0 Å². The third-order valence-electron chi connectivity index (χ3n) is 3.66. The van der Waals surface area contributed by atoms with Crippen molar-refractivity contribution >= 4 is 39.5 Å². The zero-order valence-electron chi connectivity index (χ0n) is 12.5. The van der Waals surface area contributed by atoms with E-state index in [0.29, 0.717) is 13.1 Å². The van der Waals surface area contributed by atoms with Gasteiger partial charge in [-0.1, -0.05) is 0 Å². The van der Waals surface area contributed by atoms with Gasteiger partial charge in [-0.2, -0.15) is 8.78 Å². The van der Waals surface area contributed by atoms with E-state index < -0.39 is 26.4 Å². The van der Waals surface area contributed by atoms with Gasteiger partial charge in [-0.3, -0.25) is 4.79 Å². The first kappa shape index (κ1) is 20.3. The molecule has 0 bridgehead atoms. The molecular formula is C13H19ClF2N2O3S2. The molecule has 1 N–H and O–H groups in total. The zero-order chi connectivity index (χ0) is 16.3. The molecular weight excluding hydrogens is 370 g/mol. The van der Waals surface area contributed by atoms with Crippen molar-refractivity contribution in [2.75, 3.05) is 26.7 Å². The molecule has 0 spiro atoms. The number of thiophene rings is 1. The van der Waals surface area contributed by atoms with E-state index in [-0.39, 0.29) is 23.2 Å². The molecule has 132 valence electrons. The highest BCUT2D eigenvalue weighted by Gasteiger charge is 2.34. The fourth-order valence-electron chi connectivity index (χ4n) is 2.62. The highest BCUT2D eigenvalue weighted by atomic mass is 35.5. The Morgan fingerprint density at radius 3 is 2.83 bits per heavy atom. The van der Waals surface area contributed by atoms with Crippen molar-refractivity contribution in [1.82, 2.24) is 10.2 Å². The first-order valence-electron chi connectivity index (χ1n) is 6.91. The summed E-state index contributed by atoms with van der Waals surface area (Å²) in [5, 5.41) is 4.41. The van der Waals surface area contributed by atoms with Gasteiger partial charge in [-0.05, 0) is 43.8 Å². The highest BCUT2D eigenvalue weighted by molar-refractivity contribution is 7.92. The summed E-state index contributed by atoms with van der Waals surface area (Å²) >= 11 is 0.891. The Morgan fingerprint density at radius 2 is 2.22 bits per heavy atom. The molecule has 0 aliphatic carbocycles. The Morgan fingerprint density at radius 1 is 1.52 bits per heavy atom. The number of hydrogen-bond acceptors (Lipinski definition) is 5.